The van der Waals surface area contributed by atoms with Crippen LogP contribution in [0.15, 0.2) is 48.5 Å². The number of halogens is 2. The molecule has 3 unspecified atom stereocenters. The Hall–Kier alpha value is -2.88. The first-order chi connectivity index (χ1) is 16.5. The summed E-state index contributed by atoms with van der Waals surface area (Å²) in [5, 5.41) is 15.7. The maximum absolute atomic E-state index is 13.8. The predicted octanol–water partition coefficient (Wildman–Crippen LogP) is 1.80. The lowest BCUT2D eigenvalue weighted by atomic mass is 9.92. The van der Waals surface area contributed by atoms with Crippen LogP contribution in [0.2, 0.25) is 0 Å². The molecule has 3 atom stereocenters. The van der Waals surface area contributed by atoms with E-state index in [9.17, 15) is 23.5 Å². The molecule has 9 heteroatoms. The van der Waals surface area contributed by atoms with Gasteiger partial charge in [0, 0.05) is 31.6 Å². The van der Waals surface area contributed by atoms with E-state index in [2.05, 4.69) is 10.6 Å². The van der Waals surface area contributed by atoms with Crippen molar-refractivity contribution in [2.75, 3.05) is 13.1 Å². The van der Waals surface area contributed by atoms with E-state index in [4.69, 9.17) is 11.5 Å². The first-order valence-electron chi connectivity index (χ1n) is 11.7. The zero-order chi connectivity index (χ0) is 26.0. The highest BCUT2D eigenvalue weighted by Crippen LogP contribution is 2.14. The van der Waals surface area contributed by atoms with Gasteiger partial charge in [-0.2, -0.15) is 0 Å². The Morgan fingerprint density at radius 3 is 2.37 bits per heavy atom. The number of carbonyl (C=O) groups is 2. The lowest BCUT2D eigenvalue weighted by Gasteiger charge is -2.27. The molecule has 192 valence electrons. The lowest BCUT2D eigenvalue weighted by Crippen LogP contribution is -2.50. The number of aryl methyl sites for hydroxylation is 1. The van der Waals surface area contributed by atoms with Crippen molar-refractivity contribution >= 4 is 11.8 Å². The number of aliphatic hydroxyl groups excluding tert-OH is 1. The molecule has 0 fully saturated rings. The second-order valence-corrected chi connectivity index (χ2v) is 9.70. The second kappa shape index (κ2) is 13.3. The minimum atomic E-state index is -1.34. The highest BCUT2D eigenvalue weighted by molar-refractivity contribution is 5.81. The summed E-state index contributed by atoms with van der Waals surface area (Å²) in [6.07, 6.45) is -0.271. The Morgan fingerprint density at radius 2 is 1.69 bits per heavy atom. The minimum absolute atomic E-state index is 0.0267. The zero-order valence-corrected chi connectivity index (χ0v) is 20.3. The Balaban J connectivity index is 1.72. The summed E-state index contributed by atoms with van der Waals surface area (Å²) in [7, 11) is 0. The van der Waals surface area contributed by atoms with E-state index in [-0.39, 0.29) is 37.4 Å². The third-order valence-corrected chi connectivity index (χ3v) is 5.73. The molecule has 0 saturated carbocycles. The van der Waals surface area contributed by atoms with E-state index in [1.165, 1.54) is 0 Å². The number of aliphatic hydroxyl groups is 1. The first kappa shape index (κ1) is 28.4. The third kappa shape index (κ3) is 10.1. The molecule has 7 nitrogen and oxygen atoms in total. The van der Waals surface area contributed by atoms with E-state index >= 15 is 0 Å². The number of nitrogens with two attached hydrogens (primary N) is 2. The molecule has 0 saturated heterocycles. The summed E-state index contributed by atoms with van der Waals surface area (Å²) in [6, 6.07) is 11.4. The molecule has 0 aliphatic carbocycles. The summed E-state index contributed by atoms with van der Waals surface area (Å²) in [5.41, 5.74) is 12.6. The molecule has 0 heterocycles. The van der Waals surface area contributed by atoms with Gasteiger partial charge in [0.1, 0.15) is 17.7 Å². The molecule has 0 radical (unpaired) electrons. The van der Waals surface area contributed by atoms with Crippen LogP contribution in [0.3, 0.4) is 0 Å². The van der Waals surface area contributed by atoms with Gasteiger partial charge in [-0.25, -0.2) is 8.78 Å². The van der Waals surface area contributed by atoms with Gasteiger partial charge in [0.2, 0.25) is 11.8 Å². The molecule has 2 amide bonds. The maximum Gasteiger partial charge on any atom is 0.250 e. The number of hydrogen-bond acceptors (Lipinski definition) is 5. The Morgan fingerprint density at radius 1 is 1.03 bits per heavy atom. The van der Waals surface area contributed by atoms with Crippen molar-refractivity contribution in [3.8, 4) is 0 Å². The number of benzene rings is 2. The van der Waals surface area contributed by atoms with Crippen LogP contribution in [0.1, 0.15) is 37.8 Å². The van der Waals surface area contributed by atoms with Gasteiger partial charge in [0.15, 0.2) is 0 Å². The fourth-order valence-corrected chi connectivity index (χ4v) is 3.53. The topological polar surface area (TPSA) is 130 Å². The van der Waals surface area contributed by atoms with E-state index < -0.39 is 41.1 Å². The van der Waals surface area contributed by atoms with Gasteiger partial charge < -0.3 is 27.2 Å². The summed E-state index contributed by atoms with van der Waals surface area (Å²) < 4.78 is 27.1. The van der Waals surface area contributed by atoms with Gasteiger partial charge >= 0.3 is 0 Å². The molecule has 2 aromatic carbocycles. The number of nitrogens with one attached hydrogen (secondary N) is 2. The summed E-state index contributed by atoms with van der Waals surface area (Å²) in [5.74, 6) is -2.04. The molecular weight excluding hydrogens is 454 g/mol. The molecule has 0 aliphatic heterocycles. The number of rotatable bonds is 13. The second-order valence-electron chi connectivity index (χ2n) is 9.70. The fourth-order valence-electron chi connectivity index (χ4n) is 3.53. The normalized spacial score (nSPS) is 14.1. The van der Waals surface area contributed by atoms with Gasteiger partial charge in [-0.3, -0.25) is 9.59 Å². The molecule has 0 aliphatic rings. The van der Waals surface area contributed by atoms with Crippen LogP contribution in [0.25, 0.3) is 0 Å². The summed E-state index contributed by atoms with van der Waals surface area (Å²) in [4.78, 5) is 24.6. The Labute approximate surface area is 205 Å². The van der Waals surface area contributed by atoms with Crippen molar-refractivity contribution in [1.82, 2.24) is 10.6 Å². The van der Waals surface area contributed by atoms with E-state index in [1.54, 1.807) is 0 Å². The molecule has 0 aromatic heterocycles. The number of hydrogen-bond donors (Lipinski definition) is 5. The van der Waals surface area contributed by atoms with Crippen molar-refractivity contribution in [3.63, 3.8) is 0 Å². The number of amides is 2. The van der Waals surface area contributed by atoms with Crippen LogP contribution in [0, 0.1) is 17.0 Å². The van der Waals surface area contributed by atoms with Crippen LogP contribution >= 0.6 is 0 Å². The average Bonchev–Trinajstić information content (AvgIpc) is 2.82. The van der Waals surface area contributed by atoms with Crippen molar-refractivity contribution in [2.45, 2.75) is 57.7 Å². The smallest absolute Gasteiger partial charge is 0.250 e. The SMILES string of the molecule is CC(C)(CNC(=O)CC(N)Cc1cc(F)ccc1F)CNC(=O)C(O)C(N)CCc1ccccc1. The molecule has 0 spiro atoms. The Bertz CT molecular complexity index is 972. The highest BCUT2D eigenvalue weighted by Gasteiger charge is 2.26. The van der Waals surface area contributed by atoms with Crippen LogP contribution < -0.4 is 22.1 Å². The van der Waals surface area contributed by atoms with Gasteiger partial charge in [-0.05, 0) is 54.0 Å². The van der Waals surface area contributed by atoms with Gasteiger partial charge in [0.25, 0.3) is 0 Å². The largest absolute Gasteiger partial charge is 0.382 e. The lowest BCUT2D eigenvalue weighted by molar-refractivity contribution is -0.130. The van der Waals surface area contributed by atoms with E-state index in [0.29, 0.717) is 12.8 Å². The van der Waals surface area contributed by atoms with Crippen LogP contribution in [0.5, 0.6) is 0 Å². The monoisotopic (exact) mass is 490 g/mol. The van der Waals surface area contributed by atoms with Crippen molar-refractivity contribution in [1.29, 1.82) is 0 Å². The third-order valence-electron chi connectivity index (χ3n) is 5.73. The van der Waals surface area contributed by atoms with Crippen LogP contribution in [0.4, 0.5) is 8.78 Å². The zero-order valence-electron chi connectivity index (χ0n) is 20.3. The van der Waals surface area contributed by atoms with Crippen LogP contribution in [-0.4, -0.2) is 48.2 Å². The fraction of sp³-hybridized carbons (Fsp3) is 0.462. The van der Waals surface area contributed by atoms with Gasteiger partial charge in [-0.15, -0.1) is 0 Å². The van der Waals surface area contributed by atoms with Gasteiger partial charge in [-0.1, -0.05) is 44.2 Å². The Kier molecular flexibility index (Phi) is 10.8. The molecule has 2 rings (SSSR count). The van der Waals surface area contributed by atoms with E-state index in [1.807, 2.05) is 44.2 Å². The molecule has 2 aromatic rings. The van der Waals surface area contributed by atoms with Crippen molar-refractivity contribution < 1.29 is 23.5 Å². The molecule has 35 heavy (non-hydrogen) atoms. The van der Waals surface area contributed by atoms with Gasteiger partial charge in [0.05, 0.1) is 0 Å². The van der Waals surface area contributed by atoms with E-state index in [0.717, 1.165) is 23.8 Å². The molecule has 0 bridgehead atoms. The molecular formula is C26H36F2N4O3. The predicted molar refractivity (Wildman–Crippen MR) is 131 cm³/mol. The van der Waals surface area contributed by atoms with Crippen molar-refractivity contribution in [3.05, 3.63) is 71.3 Å². The average molecular weight is 491 g/mol. The number of carbonyl (C=O) groups excluding carboxylic acids is 2. The van der Waals surface area contributed by atoms with Crippen LogP contribution in [-0.2, 0) is 22.4 Å². The maximum atomic E-state index is 13.8. The van der Waals surface area contributed by atoms with Crippen molar-refractivity contribution in [2.24, 2.45) is 16.9 Å². The molecule has 7 N–H and O–H groups in total. The first-order valence-corrected chi connectivity index (χ1v) is 11.7. The summed E-state index contributed by atoms with van der Waals surface area (Å²) >= 11 is 0. The summed E-state index contributed by atoms with van der Waals surface area (Å²) in [6.45, 7) is 4.13. The standard InChI is InChI=1S/C26H36F2N4O3/c1-26(2,15-31-23(33)14-20(29)13-18-12-19(27)9-10-21(18)28)16-32-25(35)24(34)22(30)11-8-17-6-4-3-5-7-17/h3-7,9-10,12,20,22,24,34H,8,11,13-16,29-30H2,1-2H3,(H,31,33)(H,32,35). The quantitative estimate of drug-likeness (QED) is 0.292. The minimum Gasteiger partial charge on any atom is -0.382 e. The highest BCUT2D eigenvalue weighted by atomic mass is 19.1.